The lowest BCUT2D eigenvalue weighted by Crippen LogP contribution is -2.12. The Bertz CT molecular complexity index is 492. The zero-order valence-electron chi connectivity index (χ0n) is 11.0. The first-order valence-electron chi connectivity index (χ1n) is 6.03. The molecule has 0 aliphatic rings. The average Bonchev–Trinajstić information content (AvgIpc) is 2.96. The number of nitrogens with one attached hydrogen (secondary N) is 1. The van der Waals surface area contributed by atoms with Gasteiger partial charge in [-0.2, -0.15) is 0 Å². The van der Waals surface area contributed by atoms with Crippen LogP contribution in [0, 0.1) is 6.92 Å². The number of ether oxygens (including phenoxy) is 1. The lowest BCUT2D eigenvalue weighted by atomic mass is 10.3. The summed E-state index contributed by atoms with van der Waals surface area (Å²) in [5, 5.41) is 3.44. The van der Waals surface area contributed by atoms with Crippen molar-refractivity contribution in [2.24, 2.45) is 0 Å². The predicted molar refractivity (Wildman–Crippen MR) is 75.2 cm³/mol. The van der Waals surface area contributed by atoms with Crippen molar-refractivity contribution >= 4 is 17.3 Å². The first-order valence-corrected chi connectivity index (χ1v) is 6.85. The summed E-state index contributed by atoms with van der Waals surface area (Å²) >= 11 is 1.82. The van der Waals surface area contributed by atoms with Crippen molar-refractivity contribution in [2.45, 2.75) is 26.4 Å². The van der Waals surface area contributed by atoms with E-state index in [-0.39, 0.29) is 6.04 Å². The summed E-state index contributed by atoms with van der Waals surface area (Å²) in [6.45, 7) is 5.79. The van der Waals surface area contributed by atoms with Crippen molar-refractivity contribution in [3.05, 3.63) is 34.3 Å². The number of anilines is 1. The van der Waals surface area contributed by atoms with Gasteiger partial charge in [-0.1, -0.05) is 0 Å². The Labute approximate surface area is 112 Å². The summed E-state index contributed by atoms with van der Waals surface area (Å²) in [7, 11) is 1.71. The third-order valence-electron chi connectivity index (χ3n) is 2.79. The van der Waals surface area contributed by atoms with Crippen molar-refractivity contribution in [1.82, 2.24) is 9.55 Å². The number of nitrogens with zero attached hydrogens (tertiary/aromatic N) is 2. The smallest absolute Gasteiger partial charge is 0.203 e. The average molecular weight is 265 g/mol. The molecule has 0 radical (unpaired) electrons. The van der Waals surface area contributed by atoms with Gasteiger partial charge >= 0.3 is 0 Å². The zero-order chi connectivity index (χ0) is 13.0. The van der Waals surface area contributed by atoms with Crippen molar-refractivity contribution in [3.63, 3.8) is 0 Å². The molecule has 0 bridgehead atoms. The Morgan fingerprint density at radius 3 is 3.00 bits per heavy atom. The second kappa shape index (κ2) is 6.02. The Balaban J connectivity index is 2.02. The number of methoxy groups -OCH3 is 1. The van der Waals surface area contributed by atoms with Crippen LogP contribution in [0.25, 0.3) is 0 Å². The molecule has 2 rings (SSSR count). The topological polar surface area (TPSA) is 39.1 Å². The molecule has 0 aliphatic carbocycles. The minimum Gasteiger partial charge on any atom is -0.383 e. The van der Waals surface area contributed by atoms with Crippen LogP contribution in [-0.2, 0) is 11.3 Å². The first-order chi connectivity index (χ1) is 8.70. The predicted octanol–water partition coefficient (Wildman–Crippen LogP) is 3.07. The number of thiophene rings is 1. The van der Waals surface area contributed by atoms with E-state index in [1.807, 2.05) is 23.7 Å². The largest absolute Gasteiger partial charge is 0.383 e. The molecule has 2 aromatic rings. The van der Waals surface area contributed by atoms with Gasteiger partial charge in [0.15, 0.2) is 0 Å². The van der Waals surface area contributed by atoms with Crippen LogP contribution in [-0.4, -0.2) is 23.3 Å². The maximum Gasteiger partial charge on any atom is 0.203 e. The third-order valence-corrected chi connectivity index (χ3v) is 3.97. The molecule has 2 heterocycles. The van der Waals surface area contributed by atoms with Crippen molar-refractivity contribution in [2.75, 3.05) is 19.0 Å². The summed E-state index contributed by atoms with van der Waals surface area (Å²) in [6.07, 6.45) is 3.78. The van der Waals surface area contributed by atoms with Gasteiger partial charge in [0.2, 0.25) is 5.95 Å². The van der Waals surface area contributed by atoms with Crippen LogP contribution in [0.2, 0.25) is 0 Å². The highest BCUT2D eigenvalue weighted by molar-refractivity contribution is 7.12. The van der Waals surface area contributed by atoms with Gasteiger partial charge < -0.3 is 14.6 Å². The van der Waals surface area contributed by atoms with E-state index >= 15 is 0 Å². The van der Waals surface area contributed by atoms with Crippen LogP contribution in [0.4, 0.5) is 5.95 Å². The van der Waals surface area contributed by atoms with Gasteiger partial charge in [0, 0.05) is 35.8 Å². The summed E-state index contributed by atoms with van der Waals surface area (Å²) in [4.78, 5) is 7.00. The molecule has 2 aromatic heterocycles. The van der Waals surface area contributed by atoms with Crippen LogP contribution in [0.3, 0.4) is 0 Å². The summed E-state index contributed by atoms with van der Waals surface area (Å²) in [5.41, 5.74) is 0. The lowest BCUT2D eigenvalue weighted by Gasteiger charge is -2.14. The second-order valence-electron chi connectivity index (χ2n) is 4.25. The Kier molecular flexibility index (Phi) is 4.38. The molecule has 0 aliphatic heterocycles. The first kappa shape index (κ1) is 13.1. The number of aryl methyl sites for hydroxylation is 1. The molecular weight excluding hydrogens is 246 g/mol. The van der Waals surface area contributed by atoms with E-state index in [1.54, 1.807) is 7.11 Å². The quantitative estimate of drug-likeness (QED) is 0.872. The molecule has 1 unspecified atom stereocenters. The molecule has 0 saturated carbocycles. The highest BCUT2D eigenvalue weighted by atomic mass is 32.1. The molecular formula is C13H19N3OS. The maximum absolute atomic E-state index is 5.09. The maximum atomic E-state index is 5.09. The summed E-state index contributed by atoms with van der Waals surface area (Å²) in [5.74, 6) is 0.894. The molecule has 4 nitrogen and oxygen atoms in total. The molecule has 0 amide bonds. The number of imidazole rings is 1. The van der Waals surface area contributed by atoms with Gasteiger partial charge in [0.25, 0.3) is 0 Å². The van der Waals surface area contributed by atoms with E-state index in [0.29, 0.717) is 6.61 Å². The fourth-order valence-electron chi connectivity index (χ4n) is 1.77. The molecule has 0 spiro atoms. The second-order valence-corrected chi connectivity index (χ2v) is 5.57. The SMILES string of the molecule is COCCn1ccnc1NC(C)c1ccc(C)s1. The summed E-state index contributed by atoms with van der Waals surface area (Å²) in [6, 6.07) is 4.59. The van der Waals surface area contributed by atoms with Crippen LogP contribution in [0.15, 0.2) is 24.5 Å². The molecule has 0 saturated heterocycles. The molecule has 1 N–H and O–H groups in total. The van der Waals surface area contributed by atoms with E-state index in [2.05, 4.69) is 40.8 Å². The monoisotopic (exact) mass is 265 g/mol. The van der Waals surface area contributed by atoms with E-state index in [4.69, 9.17) is 4.74 Å². The van der Waals surface area contributed by atoms with Crippen LogP contribution >= 0.6 is 11.3 Å². The standard InChI is InChI=1S/C13H19N3OS/c1-10-4-5-12(18-10)11(2)15-13-14-6-7-16(13)8-9-17-3/h4-7,11H,8-9H2,1-3H3,(H,14,15). The van der Waals surface area contributed by atoms with Gasteiger partial charge in [-0.3, -0.25) is 0 Å². The number of hydrogen-bond acceptors (Lipinski definition) is 4. The van der Waals surface area contributed by atoms with Crippen molar-refractivity contribution < 1.29 is 4.74 Å². The van der Waals surface area contributed by atoms with E-state index in [0.717, 1.165) is 12.5 Å². The van der Waals surface area contributed by atoms with E-state index in [9.17, 15) is 0 Å². The van der Waals surface area contributed by atoms with Gasteiger partial charge in [-0.15, -0.1) is 11.3 Å². The van der Waals surface area contributed by atoms with E-state index in [1.165, 1.54) is 9.75 Å². The molecule has 18 heavy (non-hydrogen) atoms. The van der Waals surface area contributed by atoms with Crippen molar-refractivity contribution in [1.29, 1.82) is 0 Å². The number of hydrogen-bond donors (Lipinski definition) is 1. The molecule has 5 heteroatoms. The highest BCUT2D eigenvalue weighted by Crippen LogP contribution is 2.25. The van der Waals surface area contributed by atoms with Crippen LogP contribution in [0.5, 0.6) is 0 Å². The fourth-order valence-corrected chi connectivity index (χ4v) is 2.65. The molecule has 1 atom stereocenters. The van der Waals surface area contributed by atoms with Crippen LogP contribution < -0.4 is 5.32 Å². The van der Waals surface area contributed by atoms with Gasteiger partial charge in [-0.25, -0.2) is 4.98 Å². The zero-order valence-corrected chi connectivity index (χ0v) is 11.8. The highest BCUT2D eigenvalue weighted by Gasteiger charge is 2.10. The fraction of sp³-hybridized carbons (Fsp3) is 0.462. The Morgan fingerprint density at radius 1 is 1.50 bits per heavy atom. The van der Waals surface area contributed by atoms with Gasteiger partial charge in [0.1, 0.15) is 0 Å². The van der Waals surface area contributed by atoms with Gasteiger partial charge in [0.05, 0.1) is 12.6 Å². The lowest BCUT2D eigenvalue weighted by molar-refractivity contribution is 0.187. The minimum absolute atomic E-state index is 0.271. The normalized spacial score (nSPS) is 12.6. The van der Waals surface area contributed by atoms with Gasteiger partial charge in [-0.05, 0) is 26.0 Å². The Hall–Kier alpha value is -1.33. The molecule has 98 valence electrons. The van der Waals surface area contributed by atoms with E-state index < -0.39 is 0 Å². The molecule has 0 fully saturated rings. The minimum atomic E-state index is 0.271. The third kappa shape index (κ3) is 3.11. The molecule has 0 aromatic carbocycles. The Morgan fingerprint density at radius 2 is 2.33 bits per heavy atom. The summed E-state index contributed by atoms with van der Waals surface area (Å²) < 4.78 is 7.16. The van der Waals surface area contributed by atoms with Crippen molar-refractivity contribution in [3.8, 4) is 0 Å². The number of aromatic nitrogens is 2. The number of rotatable bonds is 6. The van der Waals surface area contributed by atoms with Crippen LogP contribution in [0.1, 0.15) is 22.7 Å².